The molecule has 0 aromatic carbocycles. The number of esters is 1. The molecule has 0 saturated heterocycles. The van der Waals surface area contributed by atoms with Crippen LogP contribution in [0.3, 0.4) is 0 Å². The minimum Gasteiger partial charge on any atom is -0.466 e. The lowest BCUT2D eigenvalue weighted by Gasteiger charge is -2.06. The summed E-state index contributed by atoms with van der Waals surface area (Å²) in [6.07, 6.45) is 1.32. The van der Waals surface area contributed by atoms with E-state index in [1.165, 1.54) is 13.2 Å². The van der Waals surface area contributed by atoms with Gasteiger partial charge in [-0.15, -0.1) is 0 Å². The number of hydrogen-bond donors (Lipinski definition) is 1. The number of nitrogens with one attached hydrogen (secondary N) is 1. The molecule has 0 fully saturated rings. The molecular weight excluding hydrogens is 312 g/mol. The Kier molecular flexibility index (Phi) is 5.69. The number of halogens is 1. The van der Waals surface area contributed by atoms with E-state index < -0.39 is 5.97 Å². The van der Waals surface area contributed by atoms with Gasteiger partial charge in [-0.3, -0.25) is 4.79 Å². The van der Waals surface area contributed by atoms with Crippen molar-refractivity contribution in [2.45, 2.75) is 13.3 Å². The number of Topliss-reactive ketones (excluding diaryl/α,β-unsaturated/α-hetero) is 1. The number of ether oxygens (including phenoxy) is 1. The number of aryl methyl sites for hydroxylation is 1. The Morgan fingerprint density at radius 1 is 1.47 bits per heavy atom. The second-order valence-electron chi connectivity index (χ2n) is 3.81. The third-order valence-electron chi connectivity index (χ3n) is 2.47. The Morgan fingerprint density at radius 3 is 2.68 bits per heavy atom. The van der Waals surface area contributed by atoms with Crippen LogP contribution < -0.4 is 5.32 Å². The molecule has 6 heteroatoms. The molecule has 0 spiro atoms. The summed E-state index contributed by atoms with van der Waals surface area (Å²) in [7, 11) is 2.93. The molecule has 1 aromatic heterocycles. The molecule has 0 atom stereocenters. The fraction of sp³-hybridized carbons (Fsp3) is 0.308. The molecule has 0 unspecified atom stereocenters. The number of pyridine rings is 1. The summed E-state index contributed by atoms with van der Waals surface area (Å²) in [5.74, 6) is -0.669. The summed E-state index contributed by atoms with van der Waals surface area (Å²) in [6.45, 7) is 1.81. The molecule has 0 aliphatic carbocycles. The highest BCUT2D eigenvalue weighted by molar-refractivity contribution is 9.10. The van der Waals surface area contributed by atoms with Crippen LogP contribution in [0.25, 0.3) is 0 Å². The molecule has 0 saturated carbocycles. The van der Waals surface area contributed by atoms with Crippen molar-refractivity contribution < 1.29 is 14.3 Å². The van der Waals surface area contributed by atoms with E-state index in [-0.39, 0.29) is 12.2 Å². The zero-order valence-electron chi connectivity index (χ0n) is 11.0. The van der Waals surface area contributed by atoms with Gasteiger partial charge in [-0.1, -0.05) is 0 Å². The molecule has 0 aliphatic heterocycles. The lowest BCUT2D eigenvalue weighted by Crippen LogP contribution is -2.14. The molecular formula is C13H15BrN2O3. The van der Waals surface area contributed by atoms with Gasteiger partial charge in [-0.25, -0.2) is 9.78 Å². The van der Waals surface area contributed by atoms with Crippen molar-refractivity contribution in [3.05, 3.63) is 39.8 Å². The van der Waals surface area contributed by atoms with Crippen LogP contribution in [0.1, 0.15) is 22.6 Å². The zero-order valence-corrected chi connectivity index (χ0v) is 12.6. The monoisotopic (exact) mass is 326 g/mol. The first kappa shape index (κ1) is 15.4. The Morgan fingerprint density at radius 2 is 2.16 bits per heavy atom. The number of carbonyl (C=O) groups is 2. The van der Waals surface area contributed by atoms with Crippen LogP contribution in [0.5, 0.6) is 0 Å². The maximum Gasteiger partial charge on any atom is 0.332 e. The highest BCUT2D eigenvalue weighted by Gasteiger charge is 2.12. The van der Waals surface area contributed by atoms with E-state index in [0.29, 0.717) is 11.4 Å². The Bertz CT molecular complexity index is 527. The van der Waals surface area contributed by atoms with Crippen molar-refractivity contribution in [3.63, 3.8) is 0 Å². The largest absolute Gasteiger partial charge is 0.466 e. The van der Waals surface area contributed by atoms with Gasteiger partial charge in [0.15, 0.2) is 5.78 Å². The molecule has 19 heavy (non-hydrogen) atoms. The molecule has 1 heterocycles. The fourth-order valence-corrected chi connectivity index (χ4v) is 1.60. The number of hydrogen-bond acceptors (Lipinski definition) is 5. The van der Waals surface area contributed by atoms with Crippen LogP contribution in [0, 0.1) is 6.92 Å². The second kappa shape index (κ2) is 7.04. The minimum absolute atomic E-state index is 0.0691. The van der Waals surface area contributed by atoms with E-state index in [0.717, 1.165) is 10.2 Å². The first-order valence-corrected chi connectivity index (χ1v) is 6.39. The van der Waals surface area contributed by atoms with Crippen molar-refractivity contribution in [2.75, 3.05) is 14.2 Å². The molecule has 0 amide bonds. The van der Waals surface area contributed by atoms with Gasteiger partial charge < -0.3 is 10.1 Å². The number of methoxy groups -OCH3 is 1. The lowest BCUT2D eigenvalue weighted by molar-refractivity contribution is -0.134. The normalized spacial score (nSPS) is 11.1. The number of aromatic nitrogens is 1. The smallest absolute Gasteiger partial charge is 0.332 e. The van der Waals surface area contributed by atoms with Gasteiger partial charge in [0.25, 0.3) is 0 Å². The predicted octanol–water partition coefficient (Wildman–Crippen LogP) is 2.00. The topological polar surface area (TPSA) is 68.3 Å². The van der Waals surface area contributed by atoms with Gasteiger partial charge in [-0.05, 0) is 35.0 Å². The zero-order chi connectivity index (χ0) is 14.4. The highest BCUT2D eigenvalue weighted by Crippen LogP contribution is 2.15. The third-order valence-corrected chi connectivity index (χ3v) is 3.31. The van der Waals surface area contributed by atoms with Gasteiger partial charge in [0, 0.05) is 23.3 Å². The number of allylic oxidation sites excluding steroid dienone is 1. The highest BCUT2D eigenvalue weighted by atomic mass is 79.9. The average molecular weight is 327 g/mol. The van der Waals surface area contributed by atoms with Gasteiger partial charge in [0.05, 0.1) is 19.2 Å². The summed E-state index contributed by atoms with van der Waals surface area (Å²) in [5.41, 5.74) is 1.60. The Hall–Kier alpha value is -1.69. The maximum atomic E-state index is 12.0. The summed E-state index contributed by atoms with van der Waals surface area (Å²) in [5, 5.41) is 2.80. The standard InChI is InChI=1S/C13H15BrN2O3/c1-8-10(14)4-5-11(16-8)12(17)6-9(15-2)7-13(18)19-3/h4-5,7,15H,6H2,1-3H3/b9-7+. The Balaban J connectivity index is 2.86. The molecule has 1 aromatic rings. The summed E-state index contributed by atoms with van der Waals surface area (Å²) in [4.78, 5) is 27.4. The number of nitrogens with zero attached hydrogens (tertiary/aromatic N) is 1. The van der Waals surface area contributed by atoms with Crippen LogP contribution in [-0.2, 0) is 9.53 Å². The summed E-state index contributed by atoms with van der Waals surface area (Å²) in [6, 6.07) is 3.42. The molecule has 1 rings (SSSR count). The first-order chi connectivity index (χ1) is 8.97. The molecule has 1 N–H and O–H groups in total. The molecule has 5 nitrogen and oxygen atoms in total. The minimum atomic E-state index is -0.503. The van der Waals surface area contributed by atoms with Gasteiger partial charge in [0.1, 0.15) is 5.69 Å². The third kappa shape index (κ3) is 4.48. The van der Waals surface area contributed by atoms with Crippen molar-refractivity contribution >= 4 is 27.7 Å². The number of carbonyl (C=O) groups excluding carboxylic acids is 2. The second-order valence-corrected chi connectivity index (χ2v) is 4.66. The van der Waals surface area contributed by atoms with Crippen molar-refractivity contribution in [1.29, 1.82) is 0 Å². The van der Waals surface area contributed by atoms with E-state index in [1.54, 1.807) is 19.2 Å². The van der Waals surface area contributed by atoms with Gasteiger partial charge in [-0.2, -0.15) is 0 Å². The summed E-state index contributed by atoms with van der Waals surface area (Å²) < 4.78 is 5.37. The average Bonchev–Trinajstić information content (AvgIpc) is 2.40. The van der Waals surface area contributed by atoms with Gasteiger partial charge >= 0.3 is 5.97 Å². The van der Waals surface area contributed by atoms with E-state index in [2.05, 4.69) is 31.0 Å². The molecule has 0 bridgehead atoms. The number of ketones is 1. The number of rotatable bonds is 5. The van der Waals surface area contributed by atoms with E-state index in [9.17, 15) is 9.59 Å². The van der Waals surface area contributed by atoms with Crippen LogP contribution in [0.2, 0.25) is 0 Å². The molecule has 0 radical (unpaired) electrons. The van der Waals surface area contributed by atoms with Gasteiger partial charge in [0.2, 0.25) is 0 Å². The van der Waals surface area contributed by atoms with E-state index in [1.807, 2.05) is 6.92 Å². The van der Waals surface area contributed by atoms with Crippen LogP contribution in [-0.4, -0.2) is 30.9 Å². The molecule has 102 valence electrons. The lowest BCUT2D eigenvalue weighted by atomic mass is 10.1. The SMILES string of the molecule is CN/C(=C/C(=O)OC)CC(=O)c1ccc(Br)c(C)n1. The fourth-order valence-electron chi connectivity index (χ4n) is 1.38. The Labute approximate surface area is 120 Å². The van der Waals surface area contributed by atoms with Crippen molar-refractivity contribution in [2.24, 2.45) is 0 Å². The predicted molar refractivity (Wildman–Crippen MR) is 74.8 cm³/mol. The van der Waals surface area contributed by atoms with Crippen molar-refractivity contribution in [3.8, 4) is 0 Å². The van der Waals surface area contributed by atoms with E-state index >= 15 is 0 Å². The van der Waals surface area contributed by atoms with E-state index in [4.69, 9.17) is 0 Å². The van der Waals surface area contributed by atoms with Crippen LogP contribution in [0.15, 0.2) is 28.4 Å². The van der Waals surface area contributed by atoms with Crippen molar-refractivity contribution in [1.82, 2.24) is 10.3 Å². The van der Waals surface area contributed by atoms with Crippen LogP contribution >= 0.6 is 15.9 Å². The quantitative estimate of drug-likeness (QED) is 0.509. The molecule has 0 aliphatic rings. The first-order valence-electron chi connectivity index (χ1n) is 5.60. The maximum absolute atomic E-state index is 12.0. The van der Waals surface area contributed by atoms with Crippen LogP contribution in [0.4, 0.5) is 0 Å². The summed E-state index contributed by atoms with van der Waals surface area (Å²) >= 11 is 3.33.